The molecule has 1 aromatic carbocycles. The molecule has 1 heterocycles. The van der Waals surface area contributed by atoms with Gasteiger partial charge in [0.1, 0.15) is 0 Å². The summed E-state index contributed by atoms with van der Waals surface area (Å²) in [5.74, 6) is -1.16. The monoisotopic (exact) mass is 362 g/mol. The Labute approximate surface area is 145 Å². The van der Waals surface area contributed by atoms with Gasteiger partial charge in [-0.25, -0.2) is 13.2 Å². The van der Waals surface area contributed by atoms with Crippen LogP contribution in [0.25, 0.3) is 0 Å². The van der Waals surface area contributed by atoms with Gasteiger partial charge in [-0.05, 0) is 55.5 Å². The first-order chi connectivity index (χ1) is 11.8. The number of hydrogen-bond donors (Lipinski definition) is 2. The molecular formula is C17H18N2O5S. The van der Waals surface area contributed by atoms with Crippen molar-refractivity contribution in [3.8, 4) is 0 Å². The summed E-state index contributed by atoms with van der Waals surface area (Å²) in [7, 11) is -3.96. The van der Waals surface area contributed by atoms with E-state index in [-0.39, 0.29) is 21.7 Å². The van der Waals surface area contributed by atoms with Crippen molar-refractivity contribution in [3.63, 3.8) is 0 Å². The number of aromatic carboxylic acids is 1. The number of rotatable bonds is 5. The lowest BCUT2D eigenvalue weighted by Crippen LogP contribution is -2.21. The maximum Gasteiger partial charge on any atom is 0.335 e. The van der Waals surface area contributed by atoms with Crippen LogP contribution in [0.1, 0.15) is 34.8 Å². The lowest BCUT2D eigenvalue weighted by Gasteiger charge is -2.14. The highest BCUT2D eigenvalue weighted by Crippen LogP contribution is 2.31. The van der Waals surface area contributed by atoms with E-state index in [1.807, 2.05) is 0 Å². The Morgan fingerprint density at radius 1 is 1.28 bits per heavy atom. The fourth-order valence-corrected chi connectivity index (χ4v) is 4.46. The summed E-state index contributed by atoms with van der Waals surface area (Å²) in [6.07, 6.45) is 3.49. The number of aromatic nitrogens is 1. The van der Waals surface area contributed by atoms with E-state index in [4.69, 9.17) is 0 Å². The molecule has 1 aromatic heterocycles. The fraction of sp³-hybridized carbons (Fsp3) is 0.294. The first-order valence-corrected chi connectivity index (χ1v) is 9.42. The van der Waals surface area contributed by atoms with E-state index in [9.17, 15) is 23.1 Å². The minimum absolute atomic E-state index is 0.00542. The van der Waals surface area contributed by atoms with E-state index in [2.05, 4.69) is 4.72 Å². The highest BCUT2D eigenvalue weighted by molar-refractivity contribution is 7.92. The molecule has 7 nitrogen and oxygen atoms in total. The molecule has 2 aromatic rings. The molecule has 0 atom stereocenters. The molecule has 8 heteroatoms. The zero-order chi connectivity index (χ0) is 18.2. The summed E-state index contributed by atoms with van der Waals surface area (Å²) in [5.41, 5.74) is 1.42. The Morgan fingerprint density at radius 3 is 2.72 bits per heavy atom. The third-order valence-electron chi connectivity index (χ3n) is 4.29. The minimum Gasteiger partial charge on any atom is -0.478 e. The second kappa shape index (κ2) is 6.36. The maximum absolute atomic E-state index is 12.8. The number of carbonyl (C=O) groups is 1. The summed E-state index contributed by atoms with van der Waals surface area (Å²) in [5, 5.41) is 9.24. The molecule has 0 saturated carbocycles. The maximum atomic E-state index is 12.8. The molecular weight excluding hydrogens is 344 g/mol. The van der Waals surface area contributed by atoms with Crippen LogP contribution in [0.3, 0.4) is 0 Å². The van der Waals surface area contributed by atoms with Crippen LogP contribution < -0.4 is 10.3 Å². The average molecular weight is 362 g/mol. The van der Waals surface area contributed by atoms with Gasteiger partial charge in [-0.2, -0.15) is 0 Å². The van der Waals surface area contributed by atoms with Crippen LogP contribution in [0.4, 0.5) is 5.69 Å². The van der Waals surface area contributed by atoms with Gasteiger partial charge in [0.15, 0.2) is 0 Å². The molecule has 2 N–H and O–H groups in total. The van der Waals surface area contributed by atoms with E-state index < -0.39 is 16.0 Å². The Bertz CT molecular complexity index is 1010. The van der Waals surface area contributed by atoms with Crippen molar-refractivity contribution in [1.29, 1.82) is 0 Å². The van der Waals surface area contributed by atoms with Crippen molar-refractivity contribution in [2.75, 3.05) is 4.72 Å². The minimum atomic E-state index is -3.96. The third kappa shape index (κ3) is 3.30. The highest BCUT2D eigenvalue weighted by atomic mass is 32.2. The molecule has 0 spiro atoms. The predicted octanol–water partition coefficient (Wildman–Crippen LogP) is 1.86. The largest absolute Gasteiger partial charge is 0.478 e. The zero-order valence-corrected chi connectivity index (χ0v) is 14.5. The smallest absolute Gasteiger partial charge is 0.335 e. The molecule has 0 radical (unpaired) electrons. The summed E-state index contributed by atoms with van der Waals surface area (Å²) in [6, 6.07) is 5.43. The van der Waals surface area contributed by atoms with Crippen molar-refractivity contribution < 1.29 is 18.3 Å². The van der Waals surface area contributed by atoms with Crippen LogP contribution in [-0.4, -0.2) is 24.1 Å². The van der Waals surface area contributed by atoms with Crippen LogP contribution in [0.2, 0.25) is 0 Å². The van der Waals surface area contributed by atoms with Gasteiger partial charge in [0.25, 0.3) is 15.6 Å². The number of sulfonamides is 1. The molecule has 25 heavy (non-hydrogen) atoms. The Kier molecular flexibility index (Phi) is 4.38. The van der Waals surface area contributed by atoms with Crippen LogP contribution >= 0.6 is 0 Å². The summed E-state index contributed by atoms with van der Waals surface area (Å²) in [6.45, 7) is 2.20. The second-order valence-electron chi connectivity index (χ2n) is 5.92. The van der Waals surface area contributed by atoms with E-state index in [0.29, 0.717) is 24.9 Å². The molecule has 0 fully saturated rings. The summed E-state index contributed by atoms with van der Waals surface area (Å²) < 4.78 is 29.5. The number of carboxylic acid groups (broad SMARTS) is 1. The predicted molar refractivity (Wildman–Crippen MR) is 92.6 cm³/mol. The lowest BCUT2D eigenvalue weighted by atomic mass is 10.1. The SMILES string of the molecule is CCn1cc(NS(=O)(=O)c2cc(C(=O)O)cc3c2CCC3)ccc1=O. The van der Waals surface area contributed by atoms with Crippen LogP contribution in [0, 0.1) is 0 Å². The Morgan fingerprint density at radius 2 is 2.04 bits per heavy atom. The van der Waals surface area contributed by atoms with E-state index in [1.54, 1.807) is 13.0 Å². The van der Waals surface area contributed by atoms with Crippen LogP contribution in [0.5, 0.6) is 0 Å². The zero-order valence-electron chi connectivity index (χ0n) is 13.7. The number of fused-ring (bicyclic) bond motifs is 1. The molecule has 3 rings (SSSR count). The van der Waals surface area contributed by atoms with Gasteiger partial charge in [0.2, 0.25) is 0 Å². The lowest BCUT2D eigenvalue weighted by molar-refractivity contribution is 0.0696. The fourth-order valence-electron chi connectivity index (χ4n) is 3.08. The topological polar surface area (TPSA) is 105 Å². The van der Waals surface area contributed by atoms with Gasteiger partial charge in [0.05, 0.1) is 16.1 Å². The summed E-state index contributed by atoms with van der Waals surface area (Å²) in [4.78, 5) is 22.9. The molecule has 0 saturated heterocycles. The van der Waals surface area contributed by atoms with Gasteiger partial charge in [-0.1, -0.05) is 0 Å². The van der Waals surface area contributed by atoms with E-state index in [0.717, 1.165) is 12.0 Å². The van der Waals surface area contributed by atoms with Gasteiger partial charge in [0, 0.05) is 18.8 Å². The number of hydrogen-bond acceptors (Lipinski definition) is 4. The number of carboxylic acids is 1. The molecule has 0 unspecified atom stereocenters. The number of nitrogens with one attached hydrogen (secondary N) is 1. The van der Waals surface area contributed by atoms with Crippen molar-refractivity contribution in [2.45, 2.75) is 37.6 Å². The third-order valence-corrected chi connectivity index (χ3v) is 5.73. The number of pyridine rings is 1. The second-order valence-corrected chi connectivity index (χ2v) is 7.57. The number of benzene rings is 1. The van der Waals surface area contributed by atoms with Gasteiger partial charge in [-0.15, -0.1) is 0 Å². The number of anilines is 1. The quantitative estimate of drug-likeness (QED) is 0.844. The Hall–Kier alpha value is -2.61. The molecule has 132 valence electrons. The van der Waals surface area contributed by atoms with Crippen molar-refractivity contribution in [3.05, 3.63) is 57.5 Å². The Balaban J connectivity index is 2.06. The molecule has 0 aliphatic heterocycles. The van der Waals surface area contributed by atoms with Gasteiger partial charge in [-0.3, -0.25) is 9.52 Å². The van der Waals surface area contributed by atoms with Gasteiger partial charge < -0.3 is 9.67 Å². The van der Waals surface area contributed by atoms with Gasteiger partial charge >= 0.3 is 5.97 Å². The molecule has 0 amide bonds. The number of aryl methyl sites for hydroxylation is 2. The highest BCUT2D eigenvalue weighted by Gasteiger charge is 2.26. The van der Waals surface area contributed by atoms with E-state index in [1.165, 1.54) is 29.0 Å². The normalized spacial score (nSPS) is 13.5. The van der Waals surface area contributed by atoms with Crippen molar-refractivity contribution in [1.82, 2.24) is 4.57 Å². The molecule has 1 aliphatic rings. The standard InChI is InChI=1S/C17H18N2O5S/c1-2-19-10-13(6-7-16(19)20)18-25(23,24)15-9-12(17(21)22)8-11-4-3-5-14(11)15/h6-10,18H,2-5H2,1H3,(H,21,22). The first-order valence-electron chi connectivity index (χ1n) is 7.94. The van der Waals surface area contributed by atoms with Crippen molar-refractivity contribution in [2.24, 2.45) is 0 Å². The summed E-state index contributed by atoms with van der Waals surface area (Å²) >= 11 is 0. The molecule has 1 aliphatic carbocycles. The first kappa shape index (κ1) is 17.2. The van der Waals surface area contributed by atoms with Crippen LogP contribution in [0.15, 0.2) is 40.2 Å². The number of nitrogens with zero attached hydrogens (tertiary/aromatic N) is 1. The van der Waals surface area contributed by atoms with E-state index >= 15 is 0 Å². The van der Waals surface area contributed by atoms with Crippen molar-refractivity contribution >= 4 is 21.7 Å². The average Bonchev–Trinajstić information content (AvgIpc) is 3.03. The molecule has 0 bridgehead atoms. The van der Waals surface area contributed by atoms with Crippen LogP contribution in [-0.2, 0) is 29.4 Å².